The van der Waals surface area contributed by atoms with E-state index in [1.54, 1.807) is 0 Å². The summed E-state index contributed by atoms with van der Waals surface area (Å²) >= 11 is 0. The van der Waals surface area contributed by atoms with Gasteiger partial charge in [0.1, 0.15) is 11.4 Å². The van der Waals surface area contributed by atoms with Crippen molar-refractivity contribution in [2.24, 2.45) is 5.92 Å². The van der Waals surface area contributed by atoms with Crippen LogP contribution in [-0.4, -0.2) is 52.5 Å². The van der Waals surface area contributed by atoms with Gasteiger partial charge in [0.25, 0.3) is 5.91 Å². The molecule has 0 aliphatic carbocycles. The average molecular weight is 291 g/mol. The normalized spacial score (nSPS) is 18.9. The summed E-state index contributed by atoms with van der Waals surface area (Å²) in [5.74, 6) is -1.01. The van der Waals surface area contributed by atoms with Crippen molar-refractivity contribution in [2.75, 3.05) is 19.6 Å². The minimum Gasteiger partial charge on any atom is -0.477 e. The first-order valence-electron chi connectivity index (χ1n) is 7.20. The number of nitrogens with one attached hydrogen (secondary N) is 1. The summed E-state index contributed by atoms with van der Waals surface area (Å²) < 4.78 is 0. The van der Waals surface area contributed by atoms with Crippen LogP contribution in [0.25, 0.3) is 0 Å². The summed E-state index contributed by atoms with van der Waals surface area (Å²) in [6, 6.07) is 4.95. The van der Waals surface area contributed by atoms with Gasteiger partial charge in [-0.05, 0) is 44.9 Å². The molecule has 1 unspecified atom stereocenters. The second-order valence-electron chi connectivity index (χ2n) is 5.67. The van der Waals surface area contributed by atoms with Gasteiger partial charge in [0, 0.05) is 19.1 Å². The third-order valence-corrected chi connectivity index (χ3v) is 3.80. The monoisotopic (exact) mass is 291 g/mol. The number of nitrogens with zero attached hydrogens (tertiary/aromatic N) is 2. The fourth-order valence-electron chi connectivity index (χ4n) is 2.51. The van der Waals surface area contributed by atoms with Crippen molar-refractivity contribution in [2.45, 2.75) is 26.3 Å². The third-order valence-electron chi connectivity index (χ3n) is 3.80. The van der Waals surface area contributed by atoms with E-state index in [1.165, 1.54) is 18.2 Å². The lowest BCUT2D eigenvalue weighted by atomic mass is 10.1. The number of likely N-dealkylation sites (tertiary alicyclic amines) is 1. The molecule has 0 spiro atoms. The van der Waals surface area contributed by atoms with E-state index in [9.17, 15) is 9.59 Å². The van der Waals surface area contributed by atoms with Gasteiger partial charge in [-0.15, -0.1) is 0 Å². The number of aromatic carboxylic acids is 1. The molecule has 1 aliphatic rings. The molecule has 6 nitrogen and oxygen atoms in total. The predicted molar refractivity (Wildman–Crippen MR) is 78.3 cm³/mol. The van der Waals surface area contributed by atoms with Crippen molar-refractivity contribution in [1.82, 2.24) is 15.2 Å². The molecule has 2 heterocycles. The van der Waals surface area contributed by atoms with E-state index in [2.05, 4.69) is 29.0 Å². The highest BCUT2D eigenvalue weighted by molar-refractivity contribution is 5.94. The number of carbonyl (C=O) groups excluding carboxylic acids is 1. The number of pyridine rings is 1. The zero-order valence-electron chi connectivity index (χ0n) is 12.4. The first kappa shape index (κ1) is 15.4. The van der Waals surface area contributed by atoms with E-state index in [-0.39, 0.29) is 17.3 Å². The molecule has 114 valence electrons. The van der Waals surface area contributed by atoms with E-state index in [1.807, 2.05) is 0 Å². The number of amides is 1. The zero-order chi connectivity index (χ0) is 15.4. The smallest absolute Gasteiger partial charge is 0.354 e. The van der Waals surface area contributed by atoms with Crippen LogP contribution in [0.5, 0.6) is 0 Å². The van der Waals surface area contributed by atoms with Crippen LogP contribution in [-0.2, 0) is 0 Å². The summed E-state index contributed by atoms with van der Waals surface area (Å²) in [6.07, 6.45) is 1.07. The maximum absolute atomic E-state index is 12.0. The van der Waals surface area contributed by atoms with Crippen molar-refractivity contribution in [3.05, 3.63) is 29.6 Å². The number of rotatable bonds is 5. The number of carboxylic acids is 1. The Morgan fingerprint density at radius 1 is 1.43 bits per heavy atom. The summed E-state index contributed by atoms with van der Waals surface area (Å²) in [6.45, 7) is 6.98. The van der Waals surface area contributed by atoms with Crippen molar-refractivity contribution >= 4 is 11.9 Å². The van der Waals surface area contributed by atoms with Gasteiger partial charge >= 0.3 is 5.97 Å². The van der Waals surface area contributed by atoms with Gasteiger partial charge in [-0.3, -0.25) is 4.79 Å². The van der Waals surface area contributed by atoms with Crippen molar-refractivity contribution < 1.29 is 14.7 Å². The largest absolute Gasteiger partial charge is 0.477 e. The van der Waals surface area contributed by atoms with Crippen LogP contribution >= 0.6 is 0 Å². The SMILES string of the molecule is CC(C)N1CCC(CNC(=O)c2cccc(C(=O)O)n2)C1. The van der Waals surface area contributed by atoms with Crippen LogP contribution < -0.4 is 5.32 Å². The Morgan fingerprint density at radius 2 is 2.14 bits per heavy atom. The van der Waals surface area contributed by atoms with E-state index in [4.69, 9.17) is 5.11 Å². The fraction of sp³-hybridized carbons (Fsp3) is 0.533. The summed E-state index contributed by atoms with van der Waals surface area (Å²) in [5.41, 5.74) is 0.0307. The van der Waals surface area contributed by atoms with Crippen LogP contribution in [0.1, 0.15) is 41.2 Å². The lowest BCUT2D eigenvalue weighted by Crippen LogP contribution is -2.33. The van der Waals surface area contributed by atoms with Crippen LogP contribution in [0.3, 0.4) is 0 Å². The van der Waals surface area contributed by atoms with Gasteiger partial charge in [-0.25, -0.2) is 9.78 Å². The Bertz CT molecular complexity index is 531. The lowest BCUT2D eigenvalue weighted by Gasteiger charge is -2.20. The average Bonchev–Trinajstić information content (AvgIpc) is 2.94. The molecule has 6 heteroatoms. The molecule has 2 N–H and O–H groups in total. The third kappa shape index (κ3) is 4.01. The maximum Gasteiger partial charge on any atom is 0.354 e. The van der Waals surface area contributed by atoms with E-state index in [0.717, 1.165) is 19.5 Å². The molecule has 2 rings (SSSR count). The van der Waals surface area contributed by atoms with Gasteiger partial charge in [0.15, 0.2) is 0 Å². The highest BCUT2D eigenvalue weighted by atomic mass is 16.4. The molecule has 1 aromatic heterocycles. The zero-order valence-corrected chi connectivity index (χ0v) is 12.4. The maximum atomic E-state index is 12.0. The lowest BCUT2D eigenvalue weighted by molar-refractivity contribution is 0.0690. The van der Waals surface area contributed by atoms with Crippen LogP contribution in [0.15, 0.2) is 18.2 Å². The van der Waals surface area contributed by atoms with Gasteiger partial charge in [-0.1, -0.05) is 6.07 Å². The van der Waals surface area contributed by atoms with Crippen LogP contribution in [0.4, 0.5) is 0 Å². The minimum absolute atomic E-state index is 0.116. The molecular formula is C15H21N3O3. The van der Waals surface area contributed by atoms with Crippen LogP contribution in [0, 0.1) is 5.92 Å². The Labute approximate surface area is 124 Å². The molecule has 1 saturated heterocycles. The molecule has 0 aromatic carbocycles. The Hall–Kier alpha value is -1.95. The van der Waals surface area contributed by atoms with Gasteiger partial charge in [0.05, 0.1) is 0 Å². The molecule has 21 heavy (non-hydrogen) atoms. The quantitative estimate of drug-likeness (QED) is 0.853. The summed E-state index contributed by atoms with van der Waals surface area (Å²) in [7, 11) is 0. The summed E-state index contributed by atoms with van der Waals surface area (Å²) in [4.78, 5) is 29.1. The summed E-state index contributed by atoms with van der Waals surface area (Å²) in [5, 5.41) is 11.7. The molecule has 1 aromatic rings. The van der Waals surface area contributed by atoms with Gasteiger partial charge in [0.2, 0.25) is 0 Å². The minimum atomic E-state index is -1.13. The van der Waals surface area contributed by atoms with Crippen molar-refractivity contribution in [3.63, 3.8) is 0 Å². The number of carboxylic acid groups (broad SMARTS) is 1. The van der Waals surface area contributed by atoms with Gasteiger partial charge in [-0.2, -0.15) is 0 Å². The number of hydrogen-bond donors (Lipinski definition) is 2. The van der Waals surface area contributed by atoms with Crippen molar-refractivity contribution in [1.29, 1.82) is 0 Å². The fourth-order valence-corrected chi connectivity index (χ4v) is 2.51. The Kier molecular flexibility index (Phi) is 4.90. The molecule has 0 saturated carbocycles. The first-order valence-corrected chi connectivity index (χ1v) is 7.20. The second kappa shape index (κ2) is 6.67. The standard InChI is InChI=1S/C15H21N3O3/c1-10(2)18-7-6-11(9-18)8-16-14(19)12-4-3-5-13(17-12)15(20)21/h3-5,10-11H,6-9H2,1-2H3,(H,16,19)(H,20,21). The number of carbonyl (C=O) groups is 2. The number of aromatic nitrogens is 1. The van der Waals surface area contributed by atoms with Crippen molar-refractivity contribution in [3.8, 4) is 0 Å². The molecule has 1 atom stereocenters. The molecule has 0 bridgehead atoms. The van der Waals surface area contributed by atoms with Crippen LogP contribution in [0.2, 0.25) is 0 Å². The molecule has 1 amide bonds. The Balaban J connectivity index is 1.88. The Morgan fingerprint density at radius 3 is 2.76 bits per heavy atom. The molecular weight excluding hydrogens is 270 g/mol. The van der Waals surface area contributed by atoms with Gasteiger partial charge < -0.3 is 15.3 Å². The molecule has 1 fully saturated rings. The second-order valence-corrected chi connectivity index (χ2v) is 5.67. The number of hydrogen-bond acceptors (Lipinski definition) is 4. The predicted octanol–water partition coefficient (Wildman–Crippen LogP) is 1.24. The topological polar surface area (TPSA) is 82.5 Å². The van der Waals surface area contributed by atoms with E-state index in [0.29, 0.717) is 18.5 Å². The molecule has 0 radical (unpaired) electrons. The van der Waals surface area contributed by atoms with E-state index >= 15 is 0 Å². The highest BCUT2D eigenvalue weighted by Gasteiger charge is 2.24. The van der Waals surface area contributed by atoms with E-state index < -0.39 is 5.97 Å². The highest BCUT2D eigenvalue weighted by Crippen LogP contribution is 2.17. The first-order chi connectivity index (χ1) is 9.97. The molecule has 1 aliphatic heterocycles.